The number of hydrogen-bond acceptors (Lipinski definition) is 4. The molecule has 0 bridgehead atoms. The van der Waals surface area contributed by atoms with Crippen molar-refractivity contribution in [2.45, 2.75) is 12.8 Å². The van der Waals surface area contributed by atoms with Crippen molar-refractivity contribution in [1.29, 1.82) is 0 Å². The third-order valence-corrected chi connectivity index (χ3v) is 4.08. The van der Waals surface area contributed by atoms with E-state index in [1.165, 1.54) is 0 Å². The third-order valence-electron chi connectivity index (χ3n) is 2.56. The van der Waals surface area contributed by atoms with Gasteiger partial charge in [-0.05, 0) is 12.0 Å². The van der Waals surface area contributed by atoms with E-state index in [1.807, 2.05) is 30.3 Å². The van der Waals surface area contributed by atoms with Gasteiger partial charge in [-0.25, -0.2) is 8.42 Å². The second kappa shape index (κ2) is 7.64. The van der Waals surface area contributed by atoms with E-state index in [4.69, 9.17) is 5.11 Å². The highest BCUT2D eigenvalue weighted by molar-refractivity contribution is 7.92. The predicted octanol–water partition coefficient (Wildman–Crippen LogP) is 0.235. The zero-order valence-corrected chi connectivity index (χ0v) is 11.7. The molecule has 0 saturated carbocycles. The molecule has 7 heteroatoms. The maximum Gasteiger partial charge on any atom is 0.304 e. The van der Waals surface area contributed by atoms with Gasteiger partial charge in [0.1, 0.15) is 5.75 Å². The molecule has 0 unspecified atom stereocenters. The number of aliphatic carboxylic acids is 1. The van der Waals surface area contributed by atoms with Gasteiger partial charge >= 0.3 is 5.97 Å². The van der Waals surface area contributed by atoms with Crippen LogP contribution in [0.2, 0.25) is 0 Å². The lowest BCUT2D eigenvalue weighted by Crippen LogP contribution is -2.33. The van der Waals surface area contributed by atoms with Gasteiger partial charge in [-0.2, -0.15) is 0 Å². The van der Waals surface area contributed by atoms with Gasteiger partial charge in [0.2, 0.25) is 5.91 Å². The summed E-state index contributed by atoms with van der Waals surface area (Å²) in [6, 6.07) is 9.48. The first-order chi connectivity index (χ1) is 9.39. The standard InChI is InChI=1S/C13H17NO5S/c15-12(10-20(18,19)9-7-13(16)17)14-8-6-11-4-2-1-3-5-11/h1-5H,6-10H2,(H,14,15)(H,16,17). The van der Waals surface area contributed by atoms with E-state index >= 15 is 0 Å². The van der Waals surface area contributed by atoms with Gasteiger partial charge in [-0.3, -0.25) is 9.59 Å². The predicted molar refractivity (Wildman–Crippen MR) is 74.1 cm³/mol. The Labute approximate surface area is 117 Å². The van der Waals surface area contributed by atoms with E-state index in [2.05, 4.69) is 5.32 Å². The van der Waals surface area contributed by atoms with Crippen LogP contribution in [-0.4, -0.2) is 43.5 Å². The smallest absolute Gasteiger partial charge is 0.304 e. The molecular weight excluding hydrogens is 282 g/mol. The maximum atomic E-state index is 11.5. The topological polar surface area (TPSA) is 101 Å². The van der Waals surface area contributed by atoms with E-state index in [9.17, 15) is 18.0 Å². The zero-order valence-electron chi connectivity index (χ0n) is 10.9. The van der Waals surface area contributed by atoms with Crippen molar-refractivity contribution in [3.8, 4) is 0 Å². The molecule has 0 radical (unpaired) electrons. The molecule has 0 aliphatic carbocycles. The Kier molecular flexibility index (Phi) is 6.17. The number of carbonyl (C=O) groups excluding carboxylic acids is 1. The molecule has 0 fully saturated rings. The summed E-state index contributed by atoms with van der Waals surface area (Å²) in [5.41, 5.74) is 1.04. The molecule has 0 saturated heterocycles. The molecule has 0 aliphatic heterocycles. The Morgan fingerprint density at radius 2 is 1.80 bits per heavy atom. The highest BCUT2D eigenvalue weighted by atomic mass is 32.2. The van der Waals surface area contributed by atoms with Crippen LogP contribution in [0.3, 0.4) is 0 Å². The Morgan fingerprint density at radius 3 is 2.40 bits per heavy atom. The van der Waals surface area contributed by atoms with Gasteiger partial charge in [0.25, 0.3) is 0 Å². The van der Waals surface area contributed by atoms with Crippen molar-refractivity contribution in [2.24, 2.45) is 0 Å². The molecule has 0 spiro atoms. The molecule has 1 rings (SSSR count). The highest BCUT2D eigenvalue weighted by Crippen LogP contribution is 1.98. The van der Waals surface area contributed by atoms with E-state index < -0.39 is 39.6 Å². The molecule has 0 aromatic heterocycles. The van der Waals surface area contributed by atoms with Crippen molar-refractivity contribution in [3.05, 3.63) is 35.9 Å². The fourth-order valence-electron chi connectivity index (χ4n) is 1.56. The van der Waals surface area contributed by atoms with Crippen LogP contribution in [-0.2, 0) is 25.8 Å². The van der Waals surface area contributed by atoms with Gasteiger partial charge in [0.05, 0.1) is 12.2 Å². The Bertz CT molecular complexity index is 553. The van der Waals surface area contributed by atoms with Crippen molar-refractivity contribution in [1.82, 2.24) is 5.32 Å². The second-order valence-corrected chi connectivity index (χ2v) is 6.51. The number of benzene rings is 1. The zero-order chi connectivity index (χ0) is 15.0. The summed E-state index contributed by atoms with van der Waals surface area (Å²) < 4.78 is 22.9. The number of nitrogens with one attached hydrogen (secondary N) is 1. The average Bonchev–Trinajstić information content (AvgIpc) is 2.37. The van der Waals surface area contributed by atoms with E-state index in [0.29, 0.717) is 13.0 Å². The first-order valence-electron chi connectivity index (χ1n) is 6.12. The Hall–Kier alpha value is -1.89. The molecule has 1 aromatic rings. The first kappa shape index (κ1) is 16.2. The molecule has 1 amide bonds. The second-order valence-electron chi connectivity index (χ2n) is 4.32. The number of rotatable bonds is 8. The number of sulfone groups is 1. The molecule has 110 valence electrons. The van der Waals surface area contributed by atoms with Gasteiger partial charge in [-0.15, -0.1) is 0 Å². The van der Waals surface area contributed by atoms with Crippen LogP contribution in [0.15, 0.2) is 30.3 Å². The van der Waals surface area contributed by atoms with Crippen molar-refractivity contribution >= 4 is 21.7 Å². The summed E-state index contributed by atoms with van der Waals surface area (Å²) in [6.07, 6.45) is 0.126. The van der Waals surface area contributed by atoms with Crippen LogP contribution >= 0.6 is 0 Å². The summed E-state index contributed by atoms with van der Waals surface area (Å²) in [7, 11) is -3.66. The fraction of sp³-hybridized carbons (Fsp3) is 0.385. The number of carbonyl (C=O) groups is 2. The monoisotopic (exact) mass is 299 g/mol. The first-order valence-corrected chi connectivity index (χ1v) is 7.94. The lowest BCUT2D eigenvalue weighted by atomic mass is 10.1. The van der Waals surface area contributed by atoms with Crippen LogP contribution in [0, 0.1) is 0 Å². The van der Waals surface area contributed by atoms with Gasteiger partial charge in [0.15, 0.2) is 9.84 Å². The number of carboxylic acid groups (broad SMARTS) is 1. The summed E-state index contributed by atoms with van der Waals surface area (Å²) in [5, 5.41) is 10.9. The van der Waals surface area contributed by atoms with Gasteiger partial charge < -0.3 is 10.4 Å². The third kappa shape index (κ3) is 6.89. The lowest BCUT2D eigenvalue weighted by molar-refractivity contribution is -0.136. The van der Waals surface area contributed by atoms with Crippen molar-refractivity contribution in [3.63, 3.8) is 0 Å². The van der Waals surface area contributed by atoms with Crippen LogP contribution in [0.1, 0.15) is 12.0 Å². The molecule has 2 N–H and O–H groups in total. The summed E-state index contributed by atoms with van der Waals surface area (Å²) >= 11 is 0. The highest BCUT2D eigenvalue weighted by Gasteiger charge is 2.17. The number of amides is 1. The largest absolute Gasteiger partial charge is 0.481 e. The molecule has 6 nitrogen and oxygen atoms in total. The van der Waals surface area contributed by atoms with Crippen LogP contribution in [0.4, 0.5) is 0 Å². The summed E-state index contributed by atoms with van der Waals surface area (Å²) in [4.78, 5) is 21.8. The maximum absolute atomic E-state index is 11.5. The van der Waals surface area contributed by atoms with Crippen molar-refractivity contribution in [2.75, 3.05) is 18.1 Å². The van der Waals surface area contributed by atoms with Crippen LogP contribution < -0.4 is 5.32 Å². The SMILES string of the molecule is O=C(O)CCS(=O)(=O)CC(=O)NCCc1ccccc1. The van der Waals surface area contributed by atoms with E-state index in [-0.39, 0.29) is 0 Å². The molecular formula is C13H17NO5S. The quantitative estimate of drug-likeness (QED) is 0.716. The number of carboxylic acids is 1. The number of hydrogen-bond donors (Lipinski definition) is 2. The van der Waals surface area contributed by atoms with Crippen LogP contribution in [0.25, 0.3) is 0 Å². The minimum absolute atomic E-state index is 0.345. The van der Waals surface area contributed by atoms with Crippen LogP contribution in [0.5, 0.6) is 0 Å². The van der Waals surface area contributed by atoms with Gasteiger partial charge in [0, 0.05) is 6.54 Å². The molecule has 20 heavy (non-hydrogen) atoms. The molecule has 1 aromatic carbocycles. The Balaban J connectivity index is 2.31. The molecule has 0 heterocycles. The Morgan fingerprint density at radius 1 is 1.15 bits per heavy atom. The minimum Gasteiger partial charge on any atom is -0.481 e. The van der Waals surface area contributed by atoms with E-state index in [0.717, 1.165) is 5.56 Å². The van der Waals surface area contributed by atoms with Crippen molar-refractivity contribution < 1.29 is 23.1 Å². The lowest BCUT2D eigenvalue weighted by Gasteiger charge is -2.06. The summed E-state index contributed by atoms with van der Waals surface area (Å²) in [5.74, 6) is -2.99. The molecule has 0 atom stereocenters. The van der Waals surface area contributed by atoms with E-state index in [1.54, 1.807) is 0 Å². The minimum atomic E-state index is -3.66. The average molecular weight is 299 g/mol. The summed E-state index contributed by atoms with van der Waals surface area (Å²) in [6.45, 7) is 0.345. The normalized spacial score (nSPS) is 11.0. The fourth-order valence-corrected chi connectivity index (χ4v) is 2.69. The van der Waals surface area contributed by atoms with Gasteiger partial charge in [-0.1, -0.05) is 30.3 Å². The molecule has 0 aliphatic rings.